The van der Waals surface area contributed by atoms with Crippen LogP contribution < -0.4 is 5.32 Å². The number of amides is 1. The predicted octanol–water partition coefficient (Wildman–Crippen LogP) is 2.84. The zero-order valence-corrected chi connectivity index (χ0v) is 31.3. The van der Waals surface area contributed by atoms with Gasteiger partial charge in [0.05, 0.1) is 42.4 Å². The van der Waals surface area contributed by atoms with Crippen LogP contribution in [0.4, 0.5) is 0 Å². The minimum absolute atomic E-state index is 0.00290. The molecule has 286 valence electrons. The molecule has 0 aliphatic heterocycles. The van der Waals surface area contributed by atoms with Crippen LogP contribution >= 0.6 is 0 Å². The van der Waals surface area contributed by atoms with E-state index in [4.69, 9.17) is 9.84 Å². The molecule has 4 rings (SSSR count). The number of aliphatic hydroxyl groups is 6. The van der Waals surface area contributed by atoms with Crippen LogP contribution in [0.3, 0.4) is 0 Å². The largest absolute Gasteiger partial charge is 0.480 e. The van der Waals surface area contributed by atoms with Gasteiger partial charge < -0.3 is 45.8 Å². The van der Waals surface area contributed by atoms with Crippen molar-refractivity contribution < 1.29 is 54.9 Å². The SMILES string of the molecule is CC(C)(O)[C@@H](O)CC[C@@H](CO)[C@H]1CC[C@]2(C)C3=C(C[C@H](O)[C@@]12C)[C@]1(C)C[C@H](O)[C@H](OC(=O)C[C@](C)(O)CC(=O)NCC(=O)O)C(C)(C)[C@H]1CC3. The van der Waals surface area contributed by atoms with E-state index in [9.17, 15) is 45.0 Å². The van der Waals surface area contributed by atoms with Crippen LogP contribution in [0.15, 0.2) is 11.1 Å². The summed E-state index contributed by atoms with van der Waals surface area (Å²) in [5.41, 5.74) is -2.56. The van der Waals surface area contributed by atoms with Crippen molar-refractivity contribution in [1.82, 2.24) is 5.32 Å². The molecule has 12 nitrogen and oxygen atoms in total. The van der Waals surface area contributed by atoms with Gasteiger partial charge >= 0.3 is 11.9 Å². The topological polar surface area (TPSA) is 214 Å². The fourth-order valence-corrected chi connectivity index (χ4v) is 11.1. The number of aliphatic carboxylic acids is 1. The summed E-state index contributed by atoms with van der Waals surface area (Å²) in [5, 5.41) is 76.9. The molecule has 4 aliphatic rings. The molecule has 2 fully saturated rings. The molecule has 0 aromatic carbocycles. The van der Waals surface area contributed by atoms with E-state index in [1.807, 2.05) is 13.8 Å². The number of carbonyl (C=O) groups excluding carboxylic acids is 2. The highest BCUT2D eigenvalue weighted by Crippen LogP contribution is 2.72. The molecule has 0 radical (unpaired) electrons. The summed E-state index contributed by atoms with van der Waals surface area (Å²) in [5.74, 6) is -2.84. The number of fused-ring (bicyclic) bond motifs is 4. The maximum absolute atomic E-state index is 13.2. The number of carboxylic acid groups (broad SMARTS) is 1. The first kappa shape index (κ1) is 40.7. The molecule has 12 heteroatoms. The Morgan fingerprint density at radius 3 is 2.20 bits per heavy atom. The van der Waals surface area contributed by atoms with E-state index in [1.54, 1.807) is 13.8 Å². The molecule has 0 spiro atoms. The fourth-order valence-electron chi connectivity index (χ4n) is 11.1. The third-order valence-electron chi connectivity index (χ3n) is 14.0. The summed E-state index contributed by atoms with van der Waals surface area (Å²) < 4.78 is 5.91. The third kappa shape index (κ3) is 7.26. The van der Waals surface area contributed by atoms with Crippen molar-refractivity contribution in [2.45, 2.75) is 155 Å². The summed E-state index contributed by atoms with van der Waals surface area (Å²) in [7, 11) is 0. The van der Waals surface area contributed by atoms with Gasteiger partial charge in [0, 0.05) is 17.4 Å². The molecule has 0 unspecified atom stereocenters. The molecule has 0 aromatic rings. The van der Waals surface area contributed by atoms with Crippen LogP contribution in [0, 0.1) is 39.4 Å². The van der Waals surface area contributed by atoms with Gasteiger partial charge in [-0.1, -0.05) is 45.8 Å². The quantitative estimate of drug-likeness (QED) is 0.103. The van der Waals surface area contributed by atoms with Crippen LogP contribution in [-0.4, -0.2) is 102 Å². The van der Waals surface area contributed by atoms with Crippen LogP contribution in [-0.2, 0) is 19.1 Å². The molecule has 4 aliphatic carbocycles. The van der Waals surface area contributed by atoms with Crippen molar-refractivity contribution in [1.29, 1.82) is 0 Å². The van der Waals surface area contributed by atoms with E-state index >= 15 is 0 Å². The zero-order valence-electron chi connectivity index (χ0n) is 31.3. The molecule has 0 saturated heterocycles. The van der Waals surface area contributed by atoms with E-state index in [2.05, 4.69) is 26.1 Å². The normalized spacial score (nSPS) is 37.4. The molecule has 0 heterocycles. The van der Waals surface area contributed by atoms with Gasteiger partial charge in [-0.15, -0.1) is 0 Å². The van der Waals surface area contributed by atoms with Crippen molar-refractivity contribution in [3.8, 4) is 0 Å². The number of nitrogens with one attached hydrogen (secondary N) is 1. The molecule has 1 amide bonds. The Balaban J connectivity index is 1.55. The minimum Gasteiger partial charge on any atom is -0.480 e. The molecule has 0 bridgehead atoms. The maximum atomic E-state index is 13.2. The number of esters is 1. The summed E-state index contributed by atoms with van der Waals surface area (Å²) >= 11 is 0. The number of aliphatic hydroxyl groups excluding tert-OH is 4. The summed E-state index contributed by atoms with van der Waals surface area (Å²) in [6.45, 7) is 14.3. The second-order valence-corrected chi connectivity index (χ2v) is 18.2. The number of rotatable bonds is 13. The first-order chi connectivity index (χ1) is 22.8. The van der Waals surface area contributed by atoms with Crippen molar-refractivity contribution in [2.75, 3.05) is 13.2 Å². The van der Waals surface area contributed by atoms with E-state index in [0.717, 1.165) is 25.7 Å². The highest BCUT2D eigenvalue weighted by molar-refractivity contribution is 5.82. The van der Waals surface area contributed by atoms with E-state index < -0.39 is 89.1 Å². The van der Waals surface area contributed by atoms with Gasteiger partial charge in [-0.05, 0) is 101 Å². The van der Waals surface area contributed by atoms with Gasteiger partial charge in [0.15, 0.2) is 0 Å². The van der Waals surface area contributed by atoms with Crippen LogP contribution in [0.1, 0.15) is 120 Å². The summed E-state index contributed by atoms with van der Waals surface area (Å²) in [6.07, 6.45) is 0.358. The summed E-state index contributed by atoms with van der Waals surface area (Å²) in [4.78, 5) is 36.0. The maximum Gasteiger partial charge on any atom is 0.322 e. The first-order valence-corrected chi connectivity index (χ1v) is 18.4. The Bertz CT molecular complexity index is 1340. The van der Waals surface area contributed by atoms with Crippen molar-refractivity contribution >= 4 is 17.8 Å². The van der Waals surface area contributed by atoms with Crippen LogP contribution in [0.5, 0.6) is 0 Å². The second kappa shape index (κ2) is 14.0. The lowest BCUT2D eigenvalue weighted by atomic mass is 9.42. The Morgan fingerprint density at radius 1 is 0.980 bits per heavy atom. The lowest BCUT2D eigenvalue weighted by Gasteiger charge is -2.64. The number of carboxylic acids is 1. The average Bonchev–Trinajstić information content (AvgIpc) is 3.26. The standard InChI is InChI=1S/C38H63NO11/c1-33(2)26-11-10-23-24(15-28(43)38(8)22(13-14-37(23,38)7)21(20-40)9-12-27(42)34(3,4)48)36(26,6)16-25(41)32(33)50-31(47)18-35(5,49)17-29(44)39-19-30(45)46/h21-22,25-28,32,40-43,48-49H,9-20H2,1-8H3,(H,39,44)(H,45,46)/t21-,22+,25-,26+,27-,28-,32-,35+,36-,37+,38+/m0/s1. The molecule has 50 heavy (non-hydrogen) atoms. The molecular formula is C38H63NO11. The van der Waals surface area contributed by atoms with Gasteiger partial charge in [0.2, 0.25) is 5.91 Å². The average molecular weight is 710 g/mol. The Labute approximate surface area is 296 Å². The number of hydrogen-bond acceptors (Lipinski definition) is 10. The van der Waals surface area contributed by atoms with E-state index in [0.29, 0.717) is 25.7 Å². The van der Waals surface area contributed by atoms with Gasteiger partial charge in [-0.25, -0.2) is 0 Å². The predicted molar refractivity (Wildman–Crippen MR) is 184 cm³/mol. The van der Waals surface area contributed by atoms with Crippen LogP contribution in [0.25, 0.3) is 0 Å². The fraction of sp³-hybridized carbons (Fsp3) is 0.868. The van der Waals surface area contributed by atoms with Gasteiger partial charge in [-0.2, -0.15) is 0 Å². The van der Waals surface area contributed by atoms with E-state index in [1.165, 1.54) is 18.1 Å². The number of ether oxygens (including phenoxy) is 1. The molecule has 8 N–H and O–H groups in total. The third-order valence-corrected chi connectivity index (χ3v) is 14.0. The molecule has 11 atom stereocenters. The first-order valence-electron chi connectivity index (χ1n) is 18.4. The number of allylic oxidation sites excluding steroid dienone is 1. The van der Waals surface area contributed by atoms with Crippen molar-refractivity contribution in [2.24, 2.45) is 39.4 Å². The Hall–Kier alpha value is -2.09. The van der Waals surface area contributed by atoms with Gasteiger partial charge in [0.1, 0.15) is 12.6 Å². The molecular weight excluding hydrogens is 646 g/mol. The van der Waals surface area contributed by atoms with Crippen LogP contribution in [0.2, 0.25) is 0 Å². The van der Waals surface area contributed by atoms with Crippen molar-refractivity contribution in [3.63, 3.8) is 0 Å². The number of hydrogen-bond donors (Lipinski definition) is 8. The lowest BCUT2D eigenvalue weighted by molar-refractivity contribution is -0.198. The van der Waals surface area contributed by atoms with Gasteiger partial charge in [0.25, 0.3) is 0 Å². The van der Waals surface area contributed by atoms with Gasteiger partial charge in [-0.3, -0.25) is 14.4 Å². The monoisotopic (exact) mass is 709 g/mol. The summed E-state index contributed by atoms with van der Waals surface area (Å²) in [6, 6.07) is 0. The second-order valence-electron chi connectivity index (χ2n) is 18.2. The number of carbonyl (C=O) groups is 3. The molecule has 0 aromatic heterocycles. The highest BCUT2D eigenvalue weighted by Gasteiger charge is 2.67. The Kier molecular flexibility index (Phi) is 11.4. The van der Waals surface area contributed by atoms with E-state index in [-0.39, 0.29) is 29.8 Å². The Morgan fingerprint density at radius 2 is 1.62 bits per heavy atom. The smallest absolute Gasteiger partial charge is 0.322 e. The minimum atomic E-state index is -1.79. The highest BCUT2D eigenvalue weighted by atomic mass is 16.6. The van der Waals surface area contributed by atoms with Crippen molar-refractivity contribution in [3.05, 3.63) is 11.1 Å². The molecule has 2 saturated carbocycles. The zero-order chi connectivity index (χ0) is 37.8. The lowest BCUT2D eigenvalue weighted by Crippen LogP contribution is -2.62.